The van der Waals surface area contributed by atoms with Crippen LogP contribution in [0.5, 0.6) is 0 Å². The predicted octanol–water partition coefficient (Wildman–Crippen LogP) is 3.91. The minimum atomic E-state index is 0.391. The summed E-state index contributed by atoms with van der Waals surface area (Å²) in [6.45, 7) is 2.17. The summed E-state index contributed by atoms with van der Waals surface area (Å²) in [6, 6.07) is 15.2. The molecule has 0 amide bonds. The SMILES string of the molecule is CNC(C)c1ccc(SCc2cn3ccccc3n2)cc1. The number of benzene rings is 1. The summed E-state index contributed by atoms with van der Waals surface area (Å²) in [4.78, 5) is 5.90. The number of nitrogens with one attached hydrogen (secondary N) is 1. The Balaban J connectivity index is 1.67. The van der Waals surface area contributed by atoms with Crippen LogP contribution in [0.4, 0.5) is 0 Å². The second kappa shape index (κ2) is 6.33. The molecule has 108 valence electrons. The molecule has 3 aromatic rings. The van der Waals surface area contributed by atoms with Crippen molar-refractivity contribution < 1.29 is 0 Å². The van der Waals surface area contributed by atoms with E-state index in [-0.39, 0.29) is 0 Å². The average Bonchev–Trinajstić information content (AvgIpc) is 2.95. The minimum absolute atomic E-state index is 0.391. The van der Waals surface area contributed by atoms with E-state index in [1.165, 1.54) is 10.5 Å². The molecule has 0 saturated carbocycles. The Morgan fingerprint density at radius 2 is 2.00 bits per heavy atom. The summed E-state index contributed by atoms with van der Waals surface area (Å²) in [7, 11) is 1.98. The molecule has 1 N–H and O–H groups in total. The van der Waals surface area contributed by atoms with Gasteiger partial charge in [-0.3, -0.25) is 0 Å². The molecule has 1 unspecified atom stereocenters. The Hall–Kier alpha value is -1.78. The van der Waals surface area contributed by atoms with E-state index in [0.717, 1.165) is 17.1 Å². The van der Waals surface area contributed by atoms with Crippen LogP contribution < -0.4 is 5.32 Å². The van der Waals surface area contributed by atoms with Gasteiger partial charge in [0.25, 0.3) is 0 Å². The van der Waals surface area contributed by atoms with Crippen molar-refractivity contribution in [2.45, 2.75) is 23.6 Å². The van der Waals surface area contributed by atoms with Crippen molar-refractivity contribution in [2.24, 2.45) is 0 Å². The highest BCUT2D eigenvalue weighted by atomic mass is 32.2. The maximum Gasteiger partial charge on any atom is 0.137 e. The summed E-state index contributed by atoms with van der Waals surface area (Å²) >= 11 is 1.82. The number of hydrogen-bond donors (Lipinski definition) is 1. The smallest absolute Gasteiger partial charge is 0.137 e. The van der Waals surface area contributed by atoms with Gasteiger partial charge >= 0.3 is 0 Å². The number of pyridine rings is 1. The summed E-state index contributed by atoms with van der Waals surface area (Å²) in [5.41, 5.74) is 3.43. The zero-order valence-corrected chi connectivity index (χ0v) is 13.1. The molecule has 2 heterocycles. The lowest BCUT2D eigenvalue weighted by molar-refractivity contribution is 0.652. The molecule has 1 atom stereocenters. The number of fused-ring (bicyclic) bond motifs is 1. The molecule has 3 rings (SSSR count). The van der Waals surface area contributed by atoms with Crippen molar-refractivity contribution in [1.82, 2.24) is 14.7 Å². The Labute approximate surface area is 129 Å². The second-order valence-electron chi connectivity index (χ2n) is 5.07. The molecule has 0 bridgehead atoms. The van der Waals surface area contributed by atoms with Crippen molar-refractivity contribution >= 4 is 17.4 Å². The number of aromatic nitrogens is 2. The lowest BCUT2D eigenvalue weighted by atomic mass is 10.1. The zero-order chi connectivity index (χ0) is 14.7. The highest BCUT2D eigenvalue weighted by Crippen LogP contribution is 2.24. The van der Waals surface area contributed by atoms with Gasteiger partial charge in [-0.1, -0.05) is 18.2 Å². The Bertz CT molecular complexity index is 685. The van der Waals surface area contributed by atoms with Gasteiger partial charge in [0.05, 0.1) is 5.69 Å². The molecular weight excluding hydrogens is 278 g/mol. The van der Waals surface area contributed by atoms with Crippen LogP contribution in [-0.4, -0.2) is 16.4 Å². The van der Waals surface area contributed by atoms with Crippen molar-refractivity contribution in [2.75, 3.05) is 7.05 Å². The third-order valence-electron chi connectivity index (χ3n) is 3.61. The molecule has 0 aliphatic heterocycles. The number of thioether (sulfide) groups is 1. The van der Waals surface area contributed by atoms with Crippen LogP contribution in [0, 0.1) is 0 Å². The lowest BCUT2D eigenvalue weighted by Gasteiger charge is -2.10. The quantitative estimate of drug-likeness (QED) is 0.724. The fraction of sp³-hybridized carbons (Fsp3) is 0.235. The molecule has 3 nitrogen and oxygen atoms in total. The van der Waals surface area contributed by atoms with Crippen LogP contribution in [-0.2, 0) is 5.75 Å². The Morgan fingerprint density at radius 3 is 2.71 bits per heavy atom. The maximum atomic E-state index is 4.62. The van der Waals surface area contributed by atoms with E-state index < -0.39 is 0 Å². The molecule has 0 spiro atoms. The highest BCUT2D eigenvalue weighted by molar-refractivity contribution is 7.98. The standard InChI is InChI=1S/C17H19N3S/c1-13(18-2)14-6-8-16(9-7-14)21-12-15-11-20-10-4-3-5-17(20)19-15/h3-11,13,18H,12H2,1-2H3. The summed E-state index contributed by atoms with van der Waals surface area (Å²) in [5, 5.41) is 3.25. The Morgan fingerprint density at radius 1 is 1.19 bits per heavy atom. The molecule has 0 saturated heterocycles. The van der Waals surface area contributed by atoms with Gasteiger partial charge in [-0.2, -0.15) is 0 Å². The predicted molar refractivity (Wildman–Crippen MR) is 88.7 cm³/mol. The maximum absolute atomic E-state index is 4.62. The first-order valence-corrected chi connectivity index (χ1v) is 8.07. The van der Waals surface area contributed by atoms with Gasteiger partial charge in [-0.15, -0.1) is 11.8 Å². The van der Waals surface area contributed by atoms with E-state index in [9.17, 15) is 0 Å². The molecule has 2 aromatic heterocycles. The van der Waals surface area contributed by atoms with Gasteiger partial charge in [0, 0.05) is 29.1 Å². The number of hydrogen-bond acceptors (Lipinski definition) is 3. The molecular formula is C17H19N3S. The summed E-state index contributed by atoms with van der Waals surface area (Å²) in [6.07, 6.45) is 4.13. The van der Waals surface area contributed by atoms with Gasteiger partial charge in [-0.05, 0) is 43.8 Å². The number of rotatable bonds is 5. The van der Waals surface area contributed by atoms with Crippen molar-refractivity contribution in [3.05, 3.63) is 66.1 Å². The first kappa shape index (κ1) is 14.2. The van der Waals surface area contributed by atoms with Gasteiger partial charge in [0.2, 0.25) is 0 Å². The first-order valence-electron chi connectivity index (χ1n) is 7.09. The fourth-order valence-electron chi connectivity index (χ4n) is 2.23. The van der Waals surface area contributed by atoms with Gasteiger partial charge in [0.1, 0.15) is 5.65 Å². The van der Waals surface area contributed by atoms with E-state index in [4.69, 9.17) is 0 Å². The molecule has 0 radical (unpaired) electrons. The topological polar surface area (TPSA) is 29.3 Å². The van der Waals surface area contributed by atoms with E-state index in [2.05, 4.69) is 52.1 Å². The molecule has 1 aromatic carbocycles. The zero-order valence-electron chi connectivity index (χ0n) is 12.3. The molecule has 0 aliphatic rings. The van der Waals surface area contributed by atoms with Gasteiger partial charge < -0.3 is 9.72 Å². The van der Waals surface area contributed by atoms with E-state index in [1.807, 2.05) is 43.2 Å². The van der Waals surface area contributed by atoms with Crippen LogP contribution in [0.1, 0.15) is 24.2 Å². The third-order valence-corrected chi connectivity index (χ3v) is 4.66. The van der Waals surface area contributed by atoms with Crippen LogP contribution in [0.15, 0.2) is 59.8 Å². The van der Waals surface area contributed by atoms with Crippen LogP contribution in [0.2, 0.25) is 0 Å². The molecule has 0 fully saturated rings. The fourth-order valence-corrected chi connectivity index (χ4v) is 3.02. The van der Waals surface area contributed by atoms with Gasteiger partial charge in [0.15, 0.2) is 0 Å². The summed E-state index contributed by atoms with van der Waals surface area (Å²) in [5.74, 6) is 0.891. The minimum Gasteiger partial charge on any atom is -0.313 e. The lowest BCUT2D eigenvalue weighted by Crippen LogP contribution is -2.11. The van der Waals surface area contributed by atoms with Crippen LogP contribution in [0.3, 0.4) is 0 Å². The molecule has 4 heteroatoms. The number of nitrogens with zero attached hydrogens (tertiary/aromatic N) is 2. The molecule has 0 aliphatic carbocycles. The van der Waals surface area contributed by atoms with Crippen molar-refractivity contribution in [3.8, 4) is 0 Å². The molecule has 21 heavy (non-hydrogen) atoms. The first-order chi connectivity index (χ1) is 10.3. The van der Waals surface area contributed by atoms with Crippen molar-refractivity contribution in [3.63, 3.8) is 0 Å². The van der Waals surface area contributed by atoms with Crippen LogP contribution >= 0.6 is 11.8 Å². The van der Waals surface area contributed by atoms with E-state index in [1.54, 1.807) is 0 Å². The third kappa shape index (κ3) is 3.28. The summed E-state index contributed by atoms with van der Waals surface area (Å²) < 4.78 is 2.06. The van der Waals surface area contributed by atoms with Crippen LogP contribution in [0.25, 0.3) is 5.65 Å². The normalized spacial score (nSPS) is 12.7. The largest absolute Gasteiger partial charge is 0.313 e. The average molecular weight is 297 g/mol. The van der Waals surface area contributed by atoms with E-state index in [0.29, 0.717) is 6.04 Å². The van der Waals surface area contributed by atoms with E-state index >= 15 is 0 Å². The van der Waals surface area contributed by atoms with Crippen molar-refractivity contribution in [1.29, 1.82) is 0 Å². The monoisotopic (exact) mass is 297 g/mol. The van der Waals surface area contributed by atoms with Gasteiger partial charge in [-0.25, -0.2) is 4.98 Å². The highest BCUT2D eigenvalue weighted by Gasteiger charge is 2.04. The Kier molecular flexibility index (Phi) is 4.27. The number of imidazole rings is 1. The second-order valence-corrected chi connectivity index (χ2v) is 6.12.